The van der Waals surface area contributed by atoms with Gasteiger partial charge in [0.15, 0.2) is 5.11 Å². The maximum Gasteiger partial charge on any atom is 0.416 e. The standard InChI is InChI=1S/C23H24F3N3S2/c1-15(2)9-11-31-21-12-18(23(24,25)26)7-6-17(21)14-28-22(30)29-20-5-3-4-16-13-27-10-8-19(16)20/h3-8,10,12-13,15H,9,11,14H2,1-2H3,(H2,28,29,30). The van der Waals surface area contributed by atoms with Gasteiger partial charge in [-0.05, 0) is 60.1 Å². The fourth-order valence-corrected chi connectivity index (χ4v) is 4.52. The molecule has 0 fully saturated rings. The smallest absolute Gasteiger partial charge is 0.358 e. The molecule has 0 spiro atoms. The number of benzene rings is 2. The molecule has 164 valence electrons. The zero-order chi connectivity index (χ0) is 22.4. The van der Waals surface area contributed by atoms with Crippen molar-refractivity contribution in [2.75, 3.05) is 11.1 Å². The first-order valence-corrected chi connectivity index (χ1v) is 11.3. The molecule has 0 aliphatic rings. The summed E-state index contributed by atoms with van der Waals surface area (Å²) in [4.78, 5) is 4.75. The monoisotopic (exact) mass is 463 g/mol. The summed E-state index contributed by atoms with van der Waals surface area (Å²) in [6, 6.07) is 11.6. The van der Waals surface area contributed by atoms with Crippen LogP contribution in [0.4, 0.5) is 18.9 Å². The number of anilines is 1. The number of halogens is 3. The highest BCUT2D eigenvalue weighted by Gasteiger charge is 2.31. The lowest BCUT2D eigenvalue weighted by Gasteiger charge is -2.16. The molecule has 0 aliphatic carbocycles. The second kappa shape index (κ2) is 10.3. The molecule has 0 bridgehead atoms. The van der Waals surface area contributed by atoms with Crippen LogP contribution in [0.2, 0.25) is 0 Å². The van der Waals surface area contributed by atoms with Crippen LogP contribution in [0.25, 0.3) is 10.8 Å². The highest BCUT2D eigenvalue weighted by molar-refractivity contribution is 7.99. The van der Waals surface area contributed by atoms with E-state index in [0.717, 1.165) is 40.3 Å². The van der Waals surface area contributed by atoms with Crippen molar-refractivity contribution in [3.05, 3.63) is 66.0 Å². The first-order valence-electron chi connectivity index (χ1n) is 9.94. The fourth-order valence-electron chi connectivity index (χ4n) is 2.99. The zero-order valence-electron chi connectivity index (χ0n) is 17.3. The molecule has 0 unspecified atom stereocenters. The Kier molecular flexibility index (Phi) is 7.78. The molecular weight excluding hydrogens is 439 g/mol. The van der Waals surface area contributed by atoms with Crippen LogP contribution in [0.3, 0.4) is 0 Å². The summed E-state index contributed by atoms with van der Waals surface area (Å²) >= 11 is 6.88. The number of aromatic nitrogens is 1. The SMILES string of the molecule is CC(C)CCSc1cc(C(F)(F)F)ccc1CNC(=S)Nc1cccc2cnccc12. The molecule has 31 heavy (non-hydrogen) atoms. The van der Waals surface area contributed by atoms with Gasteiger partial charge in [-0.25, -0.2) is 0 Å². The minimum Gasteiger partial charge on any atom is -0.358 e. The summed E-state index contributed by atoms with van der Waals surface area (Å²) in [5.74, 6) is 1.26. The number of pyridine rings is 1. The largest absolute Gasteiger partial charge is 0.416 e. The van der Waals surface area contributed by atoms with Gasteiger partial charge >= 0.3 is 6.18 Å². The quantitative estimate of drug-likeness (QED) is 0.295. The lowest BCUT2D eigenvalue weighted by molar-refractivity contribution is -0.137. The fraction of sp³-hybridized carbons (Fsp3) is 0.304. The third-order valence-corrected chi connectivity index (χ3v) is 6.09. The predicted octanol–water partition coefficient (Wildman–Crippen LogP) is 6.88. The van der Waals surface area contributed by atoms with Crippen molar-refractivity contribution in [1.29, 1.82) is 0 Å². The Hall–Kier alpha value is -2.32. The van der Waals surface area contributed by atoms with E-state index in [1.54, 1.807) is 12.4 Å². The molecule has 3 nitrogen and oxygen atoms in total. The molecular formula is C23H24F3N3S2. The highest BCUT2D eigenvalue weighted by Crippen LogP contribution is 2.34. The Bertz CT molecular complexity index is 1050. The van der Waals surface area contributed by atoms with Crippen LogP contribution in [0.15, 0.2) is 59.8 Å². The average molecular weight is 464 g/mol. The number of thiocarbonyl (C=S) groups is 1. The Balaban J connectivity index is 1.71. The number of hydrogen-bond acceptors (Lipinski definition) is 3. The summed E-state index contributed by atoms with van der Waals surface area (Å²) in [5, 5.41) is 8.67. The van der Waals surface area contributed by atoms with Crippen molar-refractivity contribution < 1.29 is 13.2 Å². The van der Waals surface area contributed by atoms with E-state index in [9.17, 15) is 13.2 Å². The van der Waals surface area contributed by atoms with Crippen LogP contribution in [0.1, 0.15) is 31.4 Å². The molecule has 1 heterocycles. The van der Waals surface area contributed by atoms with E-state index in [0.29, 0.717) is 22.5 Å². The second-order valence-electron chi connectivity index (χ2n) is 7.56. The van der Waals surface area contributed by atoms with E-state index in [1.807, 2.05) is 24.3 Å². The minimum atomic E-state index is -4.36. The van der Waals surface area contributed by atoms with Crippen molar-refractivity contribution >= 4 is 45.6 Å². The summed E-state index contributed by atoms with van der Waals surface area (Å²) in [6.07, 6.45) is 0.0653. The predicted molar refractivity (Wildman–Crippen MR) is 126 cm³/mol. The van der Waals surface area contributed by atoms with Gasteiger partial charge in [-0.2, -0.15) is 13.2 Å². The summed E-state index contributed by atoms with van der Waals surface area (Å²) in [6.45, 7) is 4.53. The zero-order valence-corrected chi connectivity index (χ0v) is 18.9. The topological polar surface area (TPSA) is 37.0 Å². The first kappa shape index (κ1) is 23.3. The molecule has 1 aromatic heterocycles. The van der Waals surface area contributed by atoms with Gasteiger partial charge in [0.1, 0.15) is 0 Å². The normalized spacial score (nSPS) is 11.7. The number of thioether (sulfide) groups is 1. The van der Waals surface area contributed by atoms with Gasteiger partial charge in [-0.3, -0.25) is 4.98 Å². The van der Waals surface area contributed by atoms with Crippen LogP contribution in [0.5, 0.6) is 0 Å². The number of fused-ring (bicyclic) bond motifs is 1. The number of nitrogens with one attached hydrogen (secondary N) is 2. The first-order chi connectivity index (χ1) is 14.7. The number of alkyl halides is 3. The van der Waals surface area contributed by atoms with Gasteiger partial charge < -0.3 is 10.6 Å². The van der Waals surface area contributed by atoms with Crippen LogP contribution in [-0.2, 0) is 12.7 Å². The Morgan fingerprint density at radius 3 is 2.71 bits per heavy atom. The van der Waals surface area contributed by atoms with E-state index in [-0.39, 0.29) is 0 Å². The Morgan fingerprint density at radius 1 is 1.16 bits per heavy atom. The van der Waals surface area contributed by atoms with E-state index in [2.05, 4.69) is 29.5 Å². The lowest BCUT2D eigenvalue weighted by Crippen LogP contribution is -2.28. The molecule has 0 atom stereocenters. The van der Waals surface area contributed by atoms with Gasteiger partial charge in [0.05, 0.1) is 5.56 Å². The van der Waals surface area contributed by atoms with Crippen molar-refractivity contribution in [1.82, 2.24) is 10.3 Å². The molecule has 2 N–H and O–H groups in total. The third kappa shape index (κ3) is 6.58. The highest BCUT2D eigenvalue weighted by atomic mass is 32.2. The second-order valence-corrected chi connectivity index (χ2v) is 9.11. The van der Waals surface area contributed by atoms with Crippen molar-refractivity contribution in [3.63, 3.8) is 0 Å². The molecule has 2 aromatic carbocycles. The number of rotatable bonds is 7. The van der Waals surface area contributed by atoms with Gasteiger partial charge in [0.25, 0.3) is 0 Å². The van der Waals surface area contributed by atoms with Crippen LogP contribution in [0, 0.1) is 5.92 Å². The summed E-state index contributed by atoms with van der Waals surface area (Å²) in [5.41, 5.74) is 0.998. The van der Waals surface area contributed by atoms with Gasteiger partial charge in [0, 0.05) is 40.3 Å². The van der Waals surface area contributed by atoms with Crippen LogP contribution >= 0.6 is 24.0 Å². The molecule has 3 rings (SSSR count). The van der Waals surface area contributed by atoms with Crippen molar-refractivity contribution in [2.45, 2.75) is 37.9 Å². The molecule has 0 saturated carbocycles. The molecule has 8 heteroatoms. The average Bonchev–Trinajstić information content (AvgIpc) is 2.72. The van der Waals surface area contributed by atoms with Gasteiger partial charge in [-0.1, -0.05) is 32.0 Å². The van der Waals surface area contributed by atoms with E-state index in [4.69, 9.17) is 12.2 Å². The van der Waals surface area contributed by atoms with Gasteiger partial charge in [-0.15, -0.1) is 11.8 Å². The van der Waals surface area contributed by atoms with Crippen LogP contribution in [-0.4, -0.2) is 15.8 Å². The van der Waals surface area contributed by atoms with E-state index < -0.39 is 11.7 Å². The molecule has 0 saturated heterocycles. The summed E-state index contributed by atoms with van der Waals surface area (Å²) in [7, 11) is 0. The lowest BCUT2D eigenvalue weighted by atomic mass is 10.1. The van der Waals surface area contributed by atoms with E-state index >= 15 is 0 Å². The van der Waals surface area contributed by atoms with Crippen molar-refractivity contribution in [2.24, 2.45) is 5.92 Å². The van der Waals surface area contributed by atoms with Crippen LogP contribution < -0.4 is 10.6 Å². The van der Waals surface area contributed by atoms with Crippen molar-refractivity contribution in [3.8, 4) is 0 Å². The Labute approximate surface area is 189 Å². The third-order valence-electron chi connectivity index (χ3n) is 4.72. The summed E-state index contributed by atoms with van der Waals surface area (Å²) < 4.78 is 39.5. The molecule has 0 radical (unpaired) electrons. The van der Waals surface area contributed by atoms with E-state index in [1.165, 1.54) is 23.9 Å². The maximum absolute atomic E-state index is 13.2. The number of nitrogens with zero attached hydrogens (tertiary/aromatic N) is 1. The van der Waals surface area contributed by atoms with Gasteiger partial charge in [0.2, 0.25) is 0 Å². The minimum absolute atomic E-state index is 0.334. The molecule has 0 amide bonds. The molecule has 3 aromatic rings. The number of hydrogen-bond donors (Lipinski definition) is 2. The Morgan fingerprint density at radius 2 is 1.97 bits per heavy atom. The maximum atomic E-state index is 13.2. The molecule has 0 aliphatic heterocycles.